The van der Waals surface area contributed by atoms with Crippen molar-refractivity contribution in [2.45, 2.75) is 33.1 Å². The van der Waals surface area contributed by atoms with Crippen LogP contribution < -0.4 is 0 Å². The van der Waals surface area contributed by atoms with Crippen molar-refractivity contribution in [3.8, 4) is 0 Å². The number of rotatable bonds is 5. The van der Waals surface area contributed by atoms with E-state index in [0.29, 0.717) is 18.0 Å². The maximum atomic E-state index is 12.0. The van der Waals surface area contributed by atoms with Crippen LogP contribution in [0.2, 0.25) is 0 Å². The van der Waals surface area contributed by atoms with E-state index >= 15 is 0 Å². The second-order valence-corrected chi connectivity index (χ2v) is 4.95. The SMILES string of the molecule is CC(C)CCCC(=O)c1cnc2ccccc2n1. The molecule has 0 aliphatic heterocycles. The Bertz CT molecular complexity index is 549. The number of carbonyl (C=O) groups excluding carboxylic acids is 1. The molecule has 0 aliphatic carbocycles. The van der Waals surface area contributed by atoms with Gasteiger partial charge in [-0.3, -0.25) is 9.78 Å². The summed E-state index contributed by atoms with van der Waals surface area (Å²) in [5, 5.41) is 0. The molecular formula is C15H18N2O. The monoisotopic (exact) mass is 242 g/mol. The van der Waals surface area contributed by atoms with Gasteiger partial charge in [-0.1, -0.05) is 32.4 Å². The van der Waals surface area contributed by atoms with Gasteiger partial charge in [-0.15, -0.1) is 0 Å². The summed E-state index contributed by atoms with van der Waals surface area (Å²) in [5.74, 6) is 0.731. The highest BCUT2D eigenvalue weighted by molar-refractivity contribution is 5.95. The number of hydrogen-bond donors (Lipinski definition) is 0. The fourth-order valence-corrected chi connectivity index (χ4v) is 1.89. The van der Waals surface area contributed by atoms with Gasteiger partial charge >= 0.3 is 0 Å². The molecule has 3 heteroatoms. The minimum absolute atomic E-state index is 0.0916. The normalized spacial score (nSPS) is 11.1. The Morgan fingerprint density at radius 1 is 1.22 bits per heavy atom. The molecule has 0 aliphatic rings. The molecule has 1 aromatic carbocycles. The molecule has 0 spiro atoms. The zero-order valence-electron chi connectivity index (χ0n) is 10.9. The molecule has 0 bridgehead atoms. The van der Waals surface area contributed by atoms with Gasteiger partial charge in [-0.2, -0.15) is 0 Å². The van der Waals surface area contributed by atoms with Crippen LogP contribution in [0.4, 0.5) is 0 Å². The number of ketones is 1. The average molecular weight is 242 g/mol. The molecule has 1 heterocycles. The summed E-state index contributed by atoms with van der Waals surface area (Å²) in [6, 6.07) is 7.60. The average Bonchev–Trinajstić information content (AvgIpc) is 2.37. The predicted molar refractivity (Wildman–Crippen MR) is 72.6 cm³/mol. The molecule has 1 aromatic heterocycles. The van der Waals surface area contributed by atoms with Gasteiger partial charge in [-0.25, -0.2) is 4.98 Å². The topological polar surface area (TPSA) is 42.9 Å². The van der Waals surface area contributed by atoms with Crippen molar-refractivity contribution in [2.24, 2.45) is 5.92 Å². The van der Waals surface area contributed by atoms with E-state index in [2.05, 4.69) is 23.8 Å². The zero-order valence-corrected chi connectivity index (χ0v) is 10.9. The predicted octanol–water partition coefficient (Wildman–Crippen LogP) is 3.64. The Morgan fingerprint density at radius 2 is 1.94 bits per heavy atom. The molecule has 0 unspecified atom stereocenters. The lowest BCUT2D eigenvalue weighted by Gasteiger charge is -2.04. The third-order valence-electron chi connectivity index (χ3n) is 2.92. The smallest absolute Gasteiger partial charge is 0.182 e. The van der Waals surface area contributed by atoms with E-state index in [-0.39, 0.29) is 5.78 Å². The van der Waals surface area contributed by atoms with Gasteiger partial charge in [0, 0.05) is 6.42 Å². The Hall–Kier alpha value is -1.77. The number of aromatic nitrogens is 2. The molecular weight excluding hydrogens is 224 g/mol. The molecule has 2 rings (SSSR count). The first-order chi connectivity index (χ1) is 8.66. The molecule has 2 aromatic rings. The fourth-order valence-electron chi connectivity index (χ4n) is 1.89. The highest BCUT2D eigenvalue weighted by atomic mass is 16.1. The Labute approximate surface area is 107 Å². The lowest BCUT2D eigenvalue weighted by molar-refractivity contribution is 0.0973. The lowest BCUT2D eigenvalue weighted by Crippen LogP contribution is -2.04. The molecule has 94 valence electrons. The molecule has 0 fully saturated rings. The van der Waals surface area contributed by atoms with Crippen LogP contribution in [-0.4, -0.2) is 15.8 Å². The summed E-state index contributed by atoms with van der Waals surface area (Å²) in [5.41, 5.74) is 2.10. The van der Waals surface area contributed by atoms with Crippen molar-refractivity contribution in [3.05, 3.63) is 36.2 Å². The molecule has 0 saturated carbocycles. The summed E-state index contributed by atoms with van der Waals surface area (Å²) in [7, 11) is 0. The van der Waals surface area contributed by atoms with Crippen molar-refractivity contribution in [2.75, 3.05) is 0 Å². The van der Waals surface area contributed by atoms with Gasteiger partial charge < -0.3 is 0 Å². The molecule has 3 nitrogen and oxygen atoms in total. The second kappa shape index (κ2) is 5.71. The van der Waals surface area contributed by atoms with Gasteiger partial charge in [-0.05, 0) is 24.5 Å². The van der Waals surface area contributed by atoms with E-state index in [9.17, 15) is 4.79 Å². The number of nitrogens with zero attached hydrogens (tertiary/aromatic N) is 2. The van der Waals surface area contributed by atoms with Crippen LogP contribution in [0.25, 0.3) is 11.0 Å². The molecule has 0 amide bonds. The van der Waals surface area contributed by atoms with Gasteiger partial charge in [0.1, 0.15) is 5.69 Å². The quantitative estimate of drug-likeness (QED) is 0.752. The van der Waals surface area contributed by atoms with E-state index in [1.807, 2.05) is 24.3 Å². The van der Waals surface area contributed by atoms with Crippen LogP contribution in [0.5, 0.6) is 0 Å². The zero-order chi connectivity index (χ0) is 13.0. The Balaban J connectivity index is 2.08. The van der Waals surface area contributed by atoms with Gasteiger partial charge in [0.05, 0.1) is 17.2 Å². The third kappa shape index (κ3) is 3.13. The number of para-hydroxylation sites is 2. The number of hydrogen-bond acceptors (Lipinski definition) is 3. The second-order valence-electron chi connectivity index (χ2n) is 4.95. The van der Waals surface area contributed by atoms with Crippen LogP contribution in [0.1, 0.15) is 43.6 Å². The van der Waals surface area contributed by atoms with Crippen LogP contribution >= 0.6 is 0 Å². The van der Waals surface area contributed by atoms with Crippen molar-refractivity contribution in [1.29, 1.82) is 0 Å². The number of carbonyl (C=O) groups is 1. The third-order valence-corrected chi connectivity index (χ3v) is 2.92. The summed E-state index contributed by atoms with van der Waals surface area (Å²) >= 11 is 0. The minimum Gasteiger partial charge on any atom is -0.292 e. The maximum absolute atomic E-state index is 12.0. The van der Waals surface area contributed by atoms with Crippen LogP contribution in [0.3, 0.4) is 0 Å². The first-order valence-electron chi connectivity index (χ1n) is 6.42. The van der Waals surface area contributed by atoms with E-state index in [1.54, 1.807) is 6.20 Å². The number of Topliss-reactive ketones (excluding diaryl/α,β-unsaturated/α-hetero) is 1. The van der Waals surface area contributed by atoms with E-state index < -0.39 is 0 Å². The van der Waals surface area contributed by atoms with Crippen molar-refractivity contribution < 1.29 is 4.79 Å². The lowest BCUT2D eigenvalue weighted by atomic mass is 10.0. The van der Waals surface area contributed by atoms with Gasteiger partial charge in [0.2, 0.25) is 0 Å². The van der Waals surface area contributed by atoms with E-state index in [1.165, 1.54) is 0 Å². The maximum Gasteiger partial charge on any atom is 0.182 e. The standard InChI is InChI=1S/C15H18N2O/c1-11(2)6-5-9-15(18)14-10-16-12-7-3-4-8-13(12)17-14/h3-4,7-8,10-11H,5-6,9H2,1-2H3. The number of fused-ring (bicyclic) bond motifs is 1. The summed E-state index contributed by atoms with van der Waals surface area (Å²) < 4.78 is 0. The van der Waals surface area contributed by atoms with Crippen molar-refractivity contribution in [3.63, 3.8) is 0 Å². The molecule has 0 radical (unpaired) electrons. The Morgan fingerprint density at radius 3 is 2.67 bits per heavy atom. The highest BCUT2D eigenvalue weighted by Crippen LogP contribution is 2.12. The first kappa shape index (κ1) is 12.7. The first-order valence-corrected chi connectivity index (χ1v) is 6.42. The summed E-state index contributed by atoms with van der Waals surface area (Å²) in [6.45, 7) is 4.33. The summed E-state index contributed by atoms with van der Waals surface area (Å²) in [6.07, 6.45) is 4.14. The molecule has 0 N–H and O–H groups in total. The minimum atomic E-state index is 0.0916. The van der Waals surface area contributed by atoms with Crippen LogP contribution in [0.15, 0.2) is 30.5 Å². The van der Waals surface area contributed by atoms with E-state index in [4.69, 9.17) is 0 Å². The van der Waals surface area contributed by atoms with Gasteiger partial charge in [0.25, 0.3) is 0 Å². The number of benzene rings is 1. The largest absolute Gasteiger partial charge is 0.292 e. The van der Waals surface area contributed by atoms with Gasteiger partial charge in [0.15, 0.2) is 5.78 Å². The highest BCUT2D eigenvalue weighted by Gasteiger charge is 2.09. The molecule has 0 atom stereocenters. The molecule has 18 heavy (non-hydrogen) atoms. The Kier molecular flexibility index (Phi) is 4.03. The van der Waals surface area contributed by atoms with E-state index in [0.717, 1.165) is 23.9 Å². The van der Waals surface area contributed by atoms with Crippen molar-refractivity contribution >= 4 is 16.8 Å². The van der Waals surface area contributed by atoms with Crippen LogP contribution in [0, 0.1) is 5.92 Å². The summed E-state index contributed by atoms with van der Waals surface area (Å²) in [4.78, 5) is 20.6. The van der Waals surface area contributed by atoms with Crippen LogP contribution in [-0.2, 0) is 0 Å². The fraction of sp³-hybridized carbons (Fsp3) is 0.400. The van der Waals surface area contributed by atoms with Crippen molar-refractivity contribution in [1.82, 2.24) is 9.97 Å². The molecule has 0 saturated heterocycles.